The number of aryl methyl sites for hydroxylation is 1. The van der Waals surface area contributed by atoms with Crippen LogP contribution in [-0.4, -0.2) is 33.0 Å². The first kappa shape index (κ1) is 14.8. The third-order valence-electron chi connectivity index (χ3n) is 3.13. The number of anilines is 1. The first-order valence-corrected chi connectivity index (χ1v) is 6.90. The van der Waals surface area contributed by atoms with Gasteiger partial charge >= 0.3 is 6.01 Å². The van der Waals surface area contributed by atoms with Crippen LogP contribution in [-0.2, 0) is 18.3 Å². The van der Waals surface area contributed by atoms with Gasteiger partial charge in [0.15, 0.2) is 0 Å². The summed E-state index contributed by atoms with van der Waals surface area (Å²) >= 11 is 0. The number of carbonyl (C=O) groups excluding carboxylic acids is 1. The molecule has 0 saturated carbocycles. The number of nitrogens with one attached hydrogen (secondary N) is 1. The molecule has 0 aliphatic carbocycles. The zero-order valence-corrected chi connectivity index (χ0v) is 12.7. The van der Waals surface area contributed by atoms with Gasteiger partial charge in [-0.1, -0.05) is 17.2 Å². The summed E-state index contributed by atoms with van der Waals surface area (Å²) in [4.78, 5) is 12.0. The summed E-state index contributed by atoms with van der Waals surface area (Å²) in [5.41, 5.74) is 1.41. The maximum atomic E-state index is 12.0. The molecule has 3 rings (SSSR count). The second-order valence-corrected chi connectivity index (χ2v) is 4.86. The fourth-order valence-corrected chi connectivity index (χ4v) is 2.00. The van der Waals surface area contributed by atoms with Crippen LogP contribution < -0.4 is 10.1 Å². The predicted molar refractivity (Wildman–Crippen MR) is 81.8 cm³/mol. The second-order valence-electron chi connectivity index (χ2n) is 4.86. The molecular formula is C15H15N5O3. The Bertz CT molecular complexity index is 807. The summed E-state index contributed by atoms with van der Waals surface area (Å²) in [7, 11) is 3.38. The van der Waals surface area contributed by atoms with E-state index in [9.17, 15) is 4.79 Å². The van der Waals surface area contributed by atoms with Crippen molar-refractivity contribution in [1.82, 2.24) is 20.0 Å². The molecule has 0 unspecified atom stereocenters. The van der Waals surface area contributed by atoms with Gasteiger partial charge in [-0.3, -0.25) is 14.8 Å². The van der Waals surface area contributed by atoms with Gasteiger partial charge in [0.1, 0.15) is 11.4 Å². The first-order chi connectivity index (χ1) is 11.1. The van der Waals surface area contributed by atoms with E-state index in [1.807, 2.05) is 12.1 Å². The van der Waals surface area contributed by atoms with Gasteiger partial charge in [-0.2, -0.15) is 5.10 Å². The lowest BCUT2D eigenvalue weighted by Gasteiger charge is -2.03. The van der Waals surface area contributed by atoms with Crippen LogP contribution in [0.3, 0.4) is 0 Å². The SMILES string of the molecule is COc1ccc(CC(=O)Nc2nnc(-c3ccn(C)n3)o2)cc1. The molecule has 1 amide bonds. The second kappa shape index (κ2) is 6.30. The highest BCUT2D eigenvalue weighted by atomic mass is 16.5. The molecule has 0 fully saturated rings. The van der Waals surface area contributed by atoms with E-state index in [-0.39, 0.29) is 24.2 Å². The molecule has 8 heteroatoms. The predicted octanol–water partition coefficient (Wildman–Crippen LogP) is 1.66. The molecule has 2 heterocycles. The van der Waals surface area contributed by atoms with Gasteiger partial charge in [0, 0.05) is 13.2 Å². The molecule has 3 aromatic rings. The van der Waals surface area contributed by atoms with Gasteiger partial charge in [-0.15, -0.1) is 5.10 Å². The Morgan fingerprint density at radius 2 is 2.04 bits per heavy atom. The molecule has 0 aliphatic heterocycles. The van der Waals surface area contributed by atoms with Gasteiger partial charge in [-0.05, 0) is 23.8 Å². The van der Waals surface area contributed by atoms with Crippen molar-refractivity contribution in [3.63, 3.8) is 0 Å². The van der Waals surface area contributed by atoms with Crippen LogP contribution >= 0.6 is 0 Å². The Kier molecular flexibility index (Phi) is 4.05. The van der Waals surface area contributed by atoms with Crippen LogP contribution in [0.1, 0.15) is 5.56 Å². The smallest absolute Gasteiger partial charge is 0.322 e. The summed E-state index contributed by atoms with van der Waals surface area (Å²) in [5.74, 6) is 0.753. The Morgan fingerprint density at radius 3 is 2.70 bits per heavy atom. The van der Waals surface area contributed by atoms with E-state index >= 15 is 0 Å². The van der Waals surface area contributed by atoms with Crippen molar-refractivity contribution in [3.8, 4) is 17.3 Å². The molecule has 1 aromatic carbocycles. The molecule has 23 heavy (non-hydrogen) atoms. The molecule has 0 saturated heterocycles. The standard InChI is InChI=1S/C15H15N5O3/c1-20-8-7-12(19-20)14-17-18-15(23-14)16-13(21)9-10-3-5-11(22-2)6-4-10/h3-8H,9H2,1-2H3,(H,16,18,21). The molecule has 2 aromatic heterocycles. The third kappa shape index (κ3) is 3.54. The Hall–Kier alpha value is -3.16. The van der Waals surface area contributed by atoms with Gasteiger partial charge < -0.3 is 9.15 Å². The fourth-order valence-electron chi connectivity index (χ4n) is 2.00. The minimum Gasteiger partial charge on any atom is -0.497 e. The van der Waals surface area contributed by atoms with E-state index in [0.717, 1.165) is 11.3 Å². The van der Waals surface area contributed by atoms with Crippen molar-refractivity contribution in [3.05, 3.63) is 42.1 Å². The highest BCUT2D eigenvalue weighted by Gasteiger charge is 2.13. The van der Waals surface area contributed by atoms with Crippen molar-refractivity contribution < 1.29 is 13.9 Å². The minimum atomic E-state index is -0.244. The third-order valence-corrected chi connectivity index (χ3v) is 3.13. The van der Waals surface area contributed by atoms with Crippen LogP contribution in [0.5, 0.6) is 5.75 Å². The number of benzene rings is 1. The van der Waals surface area contributed by atoms with E-state index in [1.165, 1.54) is 0 Å². The molecule has 0 aliphatic rings. The van der Waals surface area contributed by atoms with Crippen molar-refractivity contribution in [2.45, 2.75) is 6.42 Å². The van der Waals surface area contributed by atoms with E-state index in [0.29, 0.717) is 5.69 Å². The van der Waals surface area contributed by atoms with Crippen molar-refractivity contribution in [2.24, 2.45) is 7.05 Å². The van der Waals surface area contributed by atoms with E-state index < -0.39 is 0 Å². The average Bonchev–Trinajstić information content (AvgIpc) is 3.17. The zero-order valence-electron chi connectivity index (χ0n) is 12.7. The number of hydrogen-bond acceptors (Lipinski definition) is 6. The molecule has 0 spiro atoms. The fraction of sp³-hybridized carbons (Fsp3) is 0.200. The van der Waals surface area contributed by atoms with E-state index in [4.69, 9.17) is 9.15 Å². The summed E-state index contributed by atoms with van der Waals surface area (Å²) in [6.07, 6.45) is 1.97. The molecular weight excluding hydrogens is 298 g/mol. The van der Waals surface area contributed by atoms with Crippen LogP contribution in [0.15, 0.2) is 40.9 Å². The average molecular weight is 313 g/mol. The van der Waals surface area contributed by atoms with Gasteiger partial charge in [-0.25, -0.2) is 0 Å². The lowest BCUT2D eigenvalue weighted by molar-refractivity contribution is -0.115. The highest BCUT2D eigenvalue weighted by Crippen LogP contribution is 2.17. The van der Waals surface area contributed by atoms with Crippen LogP contribution in [0.2, 0.25) is 0 Å². The van der Waals surface area contributed by atoms with Crippen molar-refractivity contribution in [1.29, 1.82) is 0 Å². The number of nitrogens with zero attached hydrogens (tertiary/aromatic N) is 4. The van der Waals surface area contributed by atoms with Gasteiger partial charge in [0.2, 0.25) is 5.91 Å². The van der Waals surface area contributed by atoms with E-state index in [2.05, 4.69) is 20.6 Å². The largest absolute Gasteiger partial charge is 0.497 e. The van der Waals surface area contributed by atoms with Crippen molar-refractivity contribution >= 4 is 11.9 Å². The summed E-state index contributed by atoms with van der Waals surface area (Å²) < 4.78 is 12.1. The monoisotopic (exact) mass is 313 g/mol. The number of amides is 1. The number of methoxy groups -OCH3 is 1. The lowest BCUT2D eigenvalue weighted by atomic mass is 10.1. The molecule has 0 atom stereocenters. The van der Waals surface area contributed by atoms with Crippen molar-refractivity contribution in [2.75, 3.05) is 12.4 Å². The highest BCUT2D eigenvalue weighted by molar-refractivity contribution is 5.90. The maximum absolute atomic E-state index is 12.0. The Morgan fingerprint density at radius 1 is 1.26 bits per heavy atom. The summed E-state index contributed by atoms with van der Waals surface area (Å²) in [6, 6.07) is 9.04. The van der Waals surface area contributed by atoms with Crippen LogP contribution in [0, 0.1) is 0 Å². The Labute approximate surface area is 132 Å². The quantitative estimate of drug-likeness (QED) is 0.769. The summed E-state index contributed by atoms with van der Waals surface area (Å²) in [5, 5.41) is 14.4. The summed E-state index contributed by atoms with van der Waals surface area (Å²) in [6.45, 7) is 0. The Balaban J connectivity index is 1.62. The molecule has 118 valence electrons. The maximum Gasteiger partial charge on any atom is 0.322 e. The van der Waals surface area contributed by atoms with Gasteiger partial charge in [0.05, 0.1) is 13.5 Å². The number of aromatic nitrogens is 4. The topological polar surface area (TPSA) is 95.1 Å². The zero-order chi connectivity index (χ0) is 16.2. The molecule has 8 nitrogen and oxygen atoms in total. The number of hydrogen-bond donors (Lipinski definition) is 1. The van der Waals surface area contributed by atoms with Crippen LogP contribution in [0.25, 0.3) is 11.6 Å². The van der Waals surface area contributed by atoms with Crippen LogP contribution in [0.4, 0.5) is 6.01 Å². The molecule has 1 N–H and O–H groups in total. The lowest BCUT2D eigenvalue weighted by Crippen LogP contribution is -2.14. The number of ether oxygens (including phenoxy) is 1. The van der Waals surface area contributed by atoms with Gasteiger partial charge in [0.25, 0.3) is 5.89 Å². The minimum absolute atomic E-state index is 0.0455. The number of rotatable bonds is 5. The van der Waals surface area contributed by atoms with E-state index in [1.54, 1.807) is 43.2 Å². The molecule has 0 radical (unpaired) electrons. The molecule has 0 bridgehead atoms. The number of carbonyl (C=O) groups is 1. The first-order valence-electron chi connectivity index (χ1n) is 6.90. The normalized spacial score (nSPS) is 10.5.